The number of aliphatic hydroxyl groups excluding tert-OH is 1. The van der Waals surface area contributed by atoms with E-state index in [1.165, 1.54) is 19.3 Å². The van der Waals surface area contributed by atoms with Gasteiger partial charge in [-0.3, -0.25) is 0 Å². The van der Waals surface area contributed by atoms with Crippen molar-refractivity contribution in [2.24, 2.45) is 11.8 Å². The summed E-state index contributed by atoms with van der Waals surface area (Å²) < 4.78 is 0. The van der Waals surface area contributed by atoms with Crippen molar-refractivity contribution in [3.8, 4) is 0 Å². The lowest BCUT2D eigenvalue weighted by molar-refractivity contribution is 0.141. The van der Waals surface area contributed by atoms with Crippen LogP contribution in [-0.2, 0) is 0 Å². The molecule has 0 radical (unpaired) electrons. The van der Waals surface area contributed by atoms with Gasteiger partial charge in [0, 0.05) is 25.3 Å². The van der Waals surface area contributed by atoms with Crippen LogP contribution in [0, 0.1) is 18.8 Å². The van der Waals surface area contributed by atoms with Gasteiger partial charge in [0.05, 0.1) is 0 Å². The van der Waals surface area contributed by atoms with Crippen LogP contribution in [-0.4, -0.2) is 34.8 Å². The number of aromatic nitrogens is 2. The average Bonchev–Trinajstić information content (AvgIpc) is 2.48. The van der Waals surface area contributed by atoms with E-state index in [1.54, 1.807) is 6.33 Å². The predicted molar refractivity (Wildman–Crippen MR) is 82.0 cm³/mol. The van der Waals surface area contributed by atoms with Crippen molar-refractivity contribution in [3.05, 3.63) is 11.9 Å². The SMILES string of the molecule is CCNc1ncnc(NCC2CCCCC2CO)c1C. The summed E-state index contributed by atoms with van der Waals surface area (Å²) in [5.74, 6) is 2.78. The van der Waals surface area contributed by atoms with Crippen LogP contribution in [0.1, 0.15) is 38.2 Å². The first-order valence-electron chi connectivity index (χ1n) is 7.66. The van der Waals surface area contributed by atoms with Crippen LogP contribution in [0.15, 0.2) is 6.33 Å². The minimum absolute atomic E-state index is 0.303. The number of nitrogens with one attached hydrogen (secondary N) is 2. The molecule has 2 rings (SSSR count). The second-order valence-electron chi connectivity index (χ2n) is 5.59. The molecule has 0 amide bonds. The summed E-state index contributed by atoms with van der Waals surface area (Å²) in [6, 6.07) is 0. The van der Waals surface area contributed by atoms with E-state index in [2.05, 4.69) is 27.5 Å². The van der Waals surface area contributed by atoms with E-state index < -0.39 is 0 Å². The molecule has 0 aromatic carbocycles. The van der Waals surface area contributed by atoms with Crippen molar-refractivity contribution < 1.29 is 5.11 Å². The fourth-order valence-electron chi connectivity index (χ4n) is 3.00. The van der Waals surface area contributed by atoms with Gasteiger partial charge in [0.15, 0.2) is 0 Å². The summed E-state index contributed by atoms with van der Waals surface area (Å²) in [6.45, 7) is 6.13. The van der Waals surface area contributed by atoms with Gasteiger partial charge in [0.25, 0.3) is 0 Å². The highest BCUT2D eigenvalue weighted by Gasteiger charge is 2.24. The molecule has 3 N–H and O–H groups in total. The van der Waals surface area contributed by atoms with Gasteiger partial charge in [-0.2, -0.15) is 0 Å². The van der Waals surface area contributed by atoms with Crippen LogP contribution in [0.5, 0.6) is 0 Å². The first kappa shape index (κ1) is 15.0. The van der Waals surface area contributed by atoms with Gasteiger partial charge in [-0.15, -0.1) is 0 Å². The second kappa shape index (κ2) is 7.43. The number of aliphatic hydroxyl groups is 1. The molecule has 0 spiro atoms. The largest absolute Gasteiger partial charge is 0.396 e. The van der Waals surface area contributed by atoms with Crippen LogP contribution in [0.2, 0.25) is 0 Å². The Labute approximate surface area is 121 Å². The Kier molecular flexibility index (Phi) is 5.59. The maximum Gasteiger partial charge on any atom is 0.134 e. The number of hydrogen-bond acceptors (Lipinski definition) is 5. The summed E-state index contributed by atoms with van der Waals surface area (Å²) >= 11 is 0. The molecular weight excluding hydrogens is 252 g/mol. The minimum atomic E-state index is 0.303. The summed E-state index contributed by atoms with van der Waals surface area (Å²) in [5.41, 5.74) is 1.06. The van der Waals surface area contributed by atoms with E-state index in [-0.39, 0.29) is 0 Å². The van der Waals surface area contributed by atoms with E-state index in [4.69, 9.17) is 0 Å². The first-order chi connectivity index (χ1) is 9.76. The summed E-state index contributed by atoms with van der Waals surface area (Å²) in [7, 11) is 0. The van der Waals surface area contributed by atoms with Crippen molar-refractivity contribution in [1.82, 2.24) is 9.97 Å². The molecule has 5 nitrogen and oxygen atoms in total. The zero-order valence-electron chi connectivity index (χ0n) is 12.5. The van der Waals surface area contributed by atoms with Gasteiger partial charge in [-0.05, 0) is 38.5 Å². The molecule has 1 aliphatic rings. The zero-order valence-corrected chi connectivity index (χ0v) is 12.5. The van der Waals surface area contributed by atoms with Crippen LogP contribution >= 0.6 is 0 Å². The average molecular weight is 278 g/mol. The second-order valence-corrected chi connectivity index (χ2v) is 5.59. The Balaban J connectivity index is 1.97. The lowest BCUT2D eigenvalue weighted by Gasteiger charge is -2.30. The monoisotopic (exact) mass is 278 g/mol. The fourth-order valence-corrected chi connectivity index (χ4v) is 3.00. The molecule has 20 heavy (non-hydrogen) atoms. The van der Waals surface area contributed by atoms with Crippen LogP contribution in [0.3, 0.4) is 0 Å². The molecule has 0 aliphatic heterocycles. The number of anilines is 2. The highest BCUT2D eigenvalue weighted by atomic mass is 16.3. The van der Waals surface area contributed by atoms with Crippen LogP contribution in [0.25, 0.3) is 0 Å². The third-order valence-corrected chi connectivity index (χ3v) is 4.26. The van der Waals surface area contributed by atoms with E-state index >= 15 is 0 Å². The number of hydrogen-bond donors (Lipinski definition) is 3. The topological polar surface area (TPSA) is 70.1 Å². The van der Waals surface area contributed by atoms with Crippen molar-refractivity contribution in [2.45, 2.75) is 39.5 Å². The molecule has 1 fully saturated rings. The van der Waals surface area contributed by atoms with E-state index in [0.717, 1.165) is 36.7 Å². The van der Waals surface area contributed by atoms with Gasteiger partial charge in [-0.25, -0.2) is 9.97 Å². The van der Waals surface area contributed by atoms with E-state index in [1.807, 2.05) is 6.92 Å². The first-order valence-corrected chi connectivity index (χ1v) is 7.66. The highest BCUT2D eigenvalue weighted by Crippen LogP contribution is 2.30. The maximum atomic E-state index is 9.46. The molecular formula is C15H26N4O. The maximum absolute atomic E-state index is 9.46. The molecule has 0 saturated heterocycles. The van der Waals surface area contributed by atoms with E-state index in [9.17, 15) is 5.11 Å². The van der Waals surface area contributed by atoms with Gasteiger partial charge < -0.3 is 15.7 Å². The zero-order chi connectivity index (χ0) is 14.4. The number of nitrogens with zero attached hydrogens (tertiary/aromatic N) is 2. The molecule has 2 unspecified atom stereocenters. The lowest BCUT2D eigenvalue weighted by Crippen LogP contribution is -2.29. The molecule has 5 heteroatoms. The van der Waals surface area contributed by atoms with Crippen molar-refractivity contribution in [2.75, 3.05) is 30.3 Å². The van der Waals surface area contributed by atoms with Gasteiger partial charge >= 0.3 is 0 Å². The van der Waals surface area contributed by atoms with Crippen LogP contribution in [0.4, 0.5) is 11.6 Å². The van der Waals surface area contributed by atoms with Crippen LogP contribution < -0.4 is 10.6 Å². The smallest absolute Gasteiger partial charge is 0.134 e. The third kappa shape index (κ3) is 3.60. The molecule has 2 atom stereocenters. The Morgan fingerprint density at radius 1 is 1.15 bits per heavy atom. The van der Waals surface area contributed by atoms with Crippen molar-refractivity contribution in [3.63, 3.8) is 0 Å². The Hall–Kier alpha value is -1.36. The number of rotatable bonds is 6. The van der Waals surface area contributed by atoms with Crippen molar-refractivity contribution >= 4 is 11.6 Å². The molecule has 1 aromatic heterocycles. The molecule has 1 heterocycles. The lowest BCUT2D eigenvalue weighted by atomic mass is 9.79. The fraction of sp³-hybridized carbons (Fsp3) is 0.733. The van der Waals surface area contributed by atoms with Gasteiger partial charge in [-0.1, -0.05) is 12.8 Å². The van der Waals surface area contributed by atoms with Gasteiger partial charge in [0.1, 0.15) is 18.0 Å². The van der Waals surface area contributed by atoms with E-state index in [0.29, 0.717) is 18.4 Å². The molecule has 0 bridgehead atoms. The quantitative estimate of drug-likeness (QED) is 0.745. The minimum Gasteiger partial charge on any atom is -0.396 e. The standard InChI is InChI=1S/C15H26N4O/c1-3-16-14-11(2)15(19-10-18-14)17-8-12-6-4-5-7-13(12)9-20/h10,12-13,20H,3-9H2,1-2H3,(H2,16,17,18,19). The Morgan fingerprint density at radius 3 is 2.45 bits per heavy atom. The molecule has 1 aromatic rings. The summed E-state index contributed by atoms with van der Waals surface area (Å²) in [5, 5.41) is 16.2. The third-order valence-electron chi connectivity index (χ3n) is 4.26. The Bertz CT molecular complexity index is 424. The molecule has 1 saturated carbocycles. The van der Waals surface area contributed by atoms with Crippen molar-refractivity contribution in [1.29, 1.82) is 0 Å². The molecule has 1 aliphatic carbocycles. The normalized spacial score (nSPS) is 22.6. The summed E-state index contributed by atoms with van der Waals surface area (Å²) in [6.07, 6.45) is 6.46. The van der Waals surface area contributed by atoms with Gasteiger partial charge in [0.2, 0.25) is 0 Å². The Morgan fingerprint density at radius 2 is 1.80 bits per heavy atom. The summed E-state index contributed by atoms with van der Waals surface area (Å²) in [4.78, 5) is 8.58. The molecule has 112 valence electrons. The highest BCUT2D eigenvalue weighted by molar-refractivity contribution is 5.56. The predicted octanol–water partition coefficient (Wildman–Crippen LogP) is 2.43.